The van der Waals surface area contributed by atoms with Crippen molar-refractivity contribution < 1.29 is 5.11 Å². The fraction of sp³-hybridized carbons (Fsp3) is 0.353. The third-order valence-electron chi connectivity index (χ3n) is 3.58. The summed E-state index contributed by atoms with van der Waals surface area (Å²) in [4.78, 5) is 13.8. The minimum absolute atomic E-state index is 0.160. The molecule has 6 nitrogen and oxygen atoms in total. The van der Waals surface area contributed by atoms with Crippen molar-refractivity contribution in [3.05, 3.63) is 35.6 Å². The van der Waals surface area contributed by atoms with Gasteiger partial charge in [0.25, 0.3) is 0 Å². The quantitative estimate of drug-likeness (QED) is 0.363. The molecule has 0 atom stereocenters. The van der Waals surface area contributed by atoms with Gasteiger partial charge in [0.2, 0.25) is 0 Å². The van der Waals surface area contributed by atoms with Crippen molar-refractivity contribution in [3.63, 3.8) is 0 Å². The molecule has 0 saturated carbocycles. The van der Waals surface area contributed by atoms with Crippen LogP contribution in [0.3, 0.4) is 0 Å². The van der Waals surface area contributed by atoms with Crippen LogP contribution in [0.4, 0.5) is 11.5 Å². The zero-order chi connectivity index (χ0) is 17.8. The molecule has 0 fully saturated rings. The van der Waals surface area contributed by atoms with Crippen molar-refractivity contribution in [2.45, 2.75) is 31.5 Å². The average Bonchev–Trinajstić information content (AvgIpc) is 2.99. The van der Waals surface area contributed by atoms with Crippen molar-refractivity contribution in [3.8, 4) is 0 Å². The van der Waals surface area contributed by atoms with E-state index in [2.05, 4.69) is 34.1 Å². The Morgan fingerprint density at radius 3 is 2.88 bits per heavy atom. The average molecular weight is 378 g/mol. The Bertz CT molecular complexity index is 867. The summed E-state index contributed by atoms with van der Waals surface area (Å²) in [5.74, 6) is 1.41. The van der Waals surface area contributed by atoms with Gasteiger partial charge in [-0.1, -0.05) is 29.4 Å². The molecular formula is C17H20ClN5OS. The highest BCUT2D eigenvalue weighted by atomic mass is 35.5. The molecule has 132 valence electrons. The molecule has 0 amide bonds. The number of hydrogen-bond acceptors (Lipinski definition) is 6. The van der Waals surface area contributed by atoms with Gasteiger partial charge in [0.05, 0.1) is 6.33 Å². The maximum absolute atomic E-state index is 8.98. The number of nitrogens with one attached hydrogen (secondary N) is 1. The maximum Gasteiger partial charge on any atom is 0.191 e. The smallest absolute Gasteiger partial charge is 0.191 e. The Balaban J connectivity index is 2.02. The van der Waals surface area contributed by atoms with Crippen LogP contribution in [-0.4, -0.2) is 37.0 Å². The predicted octanol–water partition coefficient (Wildman–Crippen LogP) is 4.28. The van der Waals surface area contributed by atoms with Crippen molar-refractivity contribution in [2.75, 3.05) is 17.7 Å². The Morgan fingerprint density at radius 1 is 1.32 bits per heavy atom. The van der Waals surface area contributed by atoms with Gasteiger partial charge in [-0.25, -0.2) is 15.0 Å². The maximum atomic E-state index is 8.98. The molecule has 0 aliphatic heterocycles. The van der Waals surface area contributed by atoms with Crippen LogP contribution in [0.1, 0.15) is 26.3 Å². The lowest BCUT2D eigenvalue weighted by Crippen LogP contribution is -2.03. The van der Waals surface area contributed by atoms with E-state index in [-0.39, 0.29) is 12.6 Å². The minimum atomic E-state index is 0.160. The van der Waals surface area contributed by atoms with Gasteiger partial charge in [0.15, 0.2) is 22.1 Å². The van der Waals surface area contributed by atoms with Crippen molar-refractivity contribution >= 4 is 46.0 Å². The molecule has 8 heteroatoms. The zero-order valence-corrected chi connectivity index (χ0v) is 15.7. The molecule has 1 aromatic carbocycles. The second kappa shape index (κ2) is 8.03. The van der Waals surface area contributed by atoms with Gasteiger partial charge in [0, 0.05) is 29.1 Å². The van der Waals surface area contributed by atoms with E-state index >= 15 is 0 Å². The molecule has 2 heterocycles. The van der Waals surface area contributed by atoms with E-state index in [0.717, 1.165) is 22.6 Å². The molecule has 3 aromatic rings. The third kappa shape index (κ3) is 4.23. The first-order chi connectivity index (χ1) is 12.1. The van der Waals surface area contributed by atoms with Crippen molar-refractivity contribution in [1.29, 1.82) is 0 Å². The highest BCUT2D eigenvalue weighted by Crippen LogP contribution is 2.28. The fourth-order valence-corrected chi connectivity index (χ4v) is 3.31. The number of fused-ring (bicyclic) bond motifs is 1. The first kappa shape index (κ1) is 18.0. The number of thioether (sulfide) groups is 1. The predicted molar refractivity (Wildman–Crippen MR) is 103 cm³/mol. The second-order valence-corrected chi connectivity index (χ2v) is 7.33. The first-order valence-electron chi connectivity index (χ1n) is 8.09. The van der Waals surface area contributed by atoms with Gasteiger partial charge in [-0.2, -0.15) is 0 Å². The molecule has 25 heavy (non-hydrogen) atoms. The number of hydrogen-bond donors (Lipinski definition) is 2. The topological polar surface area (TPSA) is 75.9 Å². The van der Waals surface area contributed by atoms with E-state index in [4.69, 9.17) is 16.7 Å². The number of aliphatic hydroxyl groups excluding tert-OH is 1. The van der Waals surface area contributed by atoms with Gasteiger partial charge < -0.3 is 15.0 Å². The Kier molecular flexibility index (Phi) is 5.78. The summed E-state index contributed by atoms with van der Waals surface area (Å²) in [7, 11) is 0. The highest BCUT2D eigenvalue weighted by molar-refractivity contribution is 7.99. The molecule has 0 radical (unpaired) electrons. The summed E-state index contributed by atoms with van der Waals surface area (Å²) in [6, 6.07) is 7.72. The second-order valence-electron chi connectivity index (χ2n) is 5.83. The number of aromatic nitrogens is 4. The zero-order valence-electron chi connectivity index (χ0n) is 14.1. The van der Waals surface area contributed by atoms with Crippen molar-refractivity contribution in [1.82, 2.24) is 19.5 Å². The monoisotopic (exact) mass is 377 g/mol. The van der Waals surface area contributed by atoms with E-state index in [0.29, 0.717) is 22.4 Å². The molecule has 0 spiro atoms. The van der Waals surface area contributed by atoms with Crippen LogP contribution in [0.5, 0.6) is 0 Å². The largest absolute Gasteiger partial charge is 0.396 e. The van der Waals surface area contributed by atoms with E-state index in [1.165, 1.54) is 11.8 Å². The third-order valence-corrected chi connectivity index (χ3v) is 4.75. The standard InChI is InChI=1S/C17H20ClN5OS/c1-11(2)23-10-19-14-15(20-13-6-3-5-12(18)9-13)21-17(22-16(14)23)25-8-4-7-24/h3,5-6,9-11,24H,4,7-8H2,1-2H3,(H,20,21,22). The molecule has 0 aliphatic carbocycles. The van der Waals surface area contributed by atoms with Crippen LogP contribution in [-0.2, 0) is 0 Å². The summed E-state index contributed by atoms with van der Waals surface area (Å²) in [5, 5.41) is 13.6. The highest BCUT2D eigenvalue weighted by Gasteiger charge is 2.15. The molecule has 0 aliphatic rings. The Morgan fingerprint density at radius 2 is 2.16 bits per heavy atom. The Labute approximate surface area is 155 Å². The number of anilines is 2. The number of aliphatic hydroxyl groups is 1. The van der Waals surface area contributed by atoms with Crippen LogP contribution in [0.15, 0.2) is 35.7 Å². The molecule has 0 unspecified atom stereocenters. The van der Waals surface area contributed by atoms with Gasteiger partial charge in [-0.15, -0.1) is 0 Å². The first-order valence-corrected chi connectivity index (χ1v) is 9.45. The lowest BCUT2D eigenvalue weighted by atomic mass is 10.3. The van der Waals surface area contributed by atoms with E-state index in [9.17, 15) is 0 Å². The molecule has 0 bridgehead atoms. The SMILES string of the molecule is CC(C)n1cnc2c(Nc3cccc(Cl)c3)nc(SCCCO)nc21. The van der Waals surface area contributed by atoms with E-state index in [1.54, 1.807) is 6.33 Å². The van der Waals surface area contributed by atoms with Crippen LogP contribution < -0.4 is 5.32 Å². The van der Waals surface area contributed by atoms with Gasteiger partial charge in [0.1, 0.15) is 0 Å². The van der Waals surface area contributed by atoms with Gasteiger partial charge in [-0.05, 0) is 38.5 Å². The fourth-order valence-electron chi connectivity index (χ4n) is 2.36. The minimum Gasteiger partial charge on any atom is -0.396 e. The molecule has 3 rings (SSSR count). The number of imidazole rings is 1. The Hall–Kier alpha value is -1.83. The summed E-state index contributed by atoms with van der Waals surface area (Å²) in [5.41, 5.74) is 2.36. The molecule has 0 saturated heterocycles. The molecule has 2 N–H and O–H groups in total. The normalized spacial score (nSPS) is 11.4. The van der Waals surface area contributed by atoms with Crippen LogP contribution in [0.2, 0.25) is 5.02 Å². The van der Waals surface area contributed by atoms with E-state index < -0.39 is 0 Å². The van der Waals surface area contributed by atoms with Crippen LogP contribution in [0, 0.1) is 0 Å². The van der Waals surface area contributed by atoms with Crippen LogP contribution in [0.25, 0.3) is 11.2 Å². The molecule has 2 aromatic heterocycles. The summed E-state index contributed by atoms with van der Waals surface area (Å²) < 4.78 is 2.02. The van der Waals surface area contributed by atoms with Crippen molar-refractivity contribution in [2.24, 2.45) is 0 Å². The lowest BCUT2D eigenvalue weighted by molar-refractivity contribution is 0.296. The van der Waals surface area contributed by atoms with Gasteiger partial charge in [-0.3, -0.25) is 0 Å². The summed E-state index contributed by atoms with van der Waals surface area (Å²) >= 11 is 7.59. The number of rotatable bonds is 7. The number of nitrogens with zero attached hydrogens (tertiary/aromatic N) is 4. The summed E-state index contributed by atoms with van der Waals surface area (Å²) in [6.45, 7) is 4.34. The van der Waals surface area contributed by atoms with Crippen LogP contribution >= 0.6 is 23.4 Å². The van der Waals surface area contributed by atoms with Gasteiger partial charge >= 0.3 is 0 Å². The lowest BCUT2D eigenvalue weighted by Gasteiger charge is -2.11. The summed E-state index contributed by atoms with van der Waals surface area (Å²) in [6.07, 6.45) is 2.49. The molecular weight excluding hydrogens is 358 g/mol. The number of benzene rings is 1. The van der Waals surface area contributed by atoms with E-state index in [1.807, 2.05) is 28.8 Å². The number of halogens is 1.